The highest BCUT2D eigenvalue weighted by Gasteiger charge is 2.17. The van der Waals surface area contributed by atoms with Crippen LogP contribution in [0.5, 0.6) is 0 Å². The van der Waals surface area contributed by atoms with E-state index in [4.69, 9.17) is 5.11 Å². The molecule has 0 fully saturated rings. The second-order valence-electron chi connectivity index (χ2n) is 3.39. The topological polar surface area (TPSA) is 38.0 Å². The molecular weight excluding hydrogens is 233 g/mol. The summed E-state index contributed by atoms with van der Waals surface area (Å²) in [5.41, 5.74) is -0.137. The summed E-state index contributed by atoms with van der Waals surface area (Å²) in [5, 5.41) is 8.80. The summed E-state index contributed by atoms with van der Waals surface area (Å²) in [6, 6.07) is 1.95. The van der Waals surface area contributed by atoms with Gasteiger partial charge in [0.15, 0.2) is 17.5 Å². The number of hydrogen-bond acceptors (Lipinski definition) is 2. The summed E-state index contributed by atoms with van der Waals surface area (Å²) in [6.45, 7) is 0.0441. The minimum Gasteiger partial charge on any atom is -0.395 e. The number of imidazole rings is 1. The maximum Gasteiger partial charge on any atom is 0.195 e. The fourth-order valence-electron chi connectivity index (χ4n) is 1.54. The van der Waals surface area contributed by atoms with Gasteiger partial charge >= 0.3 is 0 Å². The van der Waals surface area contributed by atoms with Crippen LogP contribution in [0.3, 0.4) is 0 Å². The number of hydrogen-bond donors (Lipinski definition) is 1. The highest BCUT2D eigenvalue weighted by molar-refractivity contribution is 5.56. The van der Waals surface area contributed by atoms with Crippen LogP contribution >= 0.6 is 0 Å². The first-order valence-electron chi connectivity index (χ1n) is 4.91. The number of aromatic nitrogens is 2. The number of halogens is 3. The van der Waals surface area contributed by atoms with Crippen molar-refractivity contribution in [3.8, 4) is 11.4 Å². The second kappa shape index (κ2) is 4.58. The van der Waals surface area contributed by atoms with Gasteiger partial charge in [0.2, 0.25) is 0 Å². The van der Waals surface area contributed by atoms with Crippen LogP contribution in [0.15, 0.2) is 24.5 Å². The van der Waals surface area contributed by atoms with Gasteiger partial charge in [-0.2, -0.15) is 0 Å². The van der Waals surface area contributed by atoms with Crippen LogP contribution < -0.4 is 0 Å². The van der Waals surface area contributed by atoms with E-state index in [1.54, 1.807) is 0 Å². The first-order valence-corrected chi connectivity index (χ1v) is 4.91. The van der Waals surface area contributed by atoms with Crippen molar-refractivity contribution >= 4 is 0 Å². The Hall–Kier alpha value is -1.82. The molecule has 1 N–H and O–H groups in total. The van der Waals surface area contributed by atoms with E-state index >= 15 is 0 Å². The molecule has 0 aliphatic heterocycles. The molecule has 0 atom stereocenters. The molecular formula is C11H9F3N2O. The molecule has 17 heavy (non-hydrogen) atoms. The number of benzene rings is 1. The summed E-state index contributed by atoms with van der Waals surface area (Å²) in [5.74, 6) is -3.90. The van der Waals surface area contributed by atoms with Gasteiger partial charge in [0.05, 0.1) is 12.2 Å². The Labute approximate surface area is 95.1 Å². The monoisotopic (exact) mass is 242 g/mol. The summed E-state index contributed by atoms with van der Waals surface area (Å²) in [7, 11) is 0. The molecule has 0 radical (unpaired) electrons. The van der Waals surface area contributed by atoms with Crippen LogP contribution in [-0.2, 0) is 6.54 Å². The largest absolute Gasteiger partial charge is 0.395 e. The number of rotatable bonds is 3. The number of aliphatic hydroxyl groups excluding tert-OH is 1. The van der Waals surface area contributed by atoms with Crippen molar-refractivity contribution in [1.82, 2.24) is 9.55 Å². The van der Waals surface area contributed by atoms with E-state index in [-0.39, 0.29) is 24.5 Å². The molecule has 0 aliphatic carbocycles. The zero-order valence-corrected chi connectivity index (χ0v) is 8.70. The van der Waals surface area contributed by atoms with Crippen LogP contribution in [0.2, 0.25) is 0 Å². The molecule has 1 aromatic carbocycles. The van der Waals surface area contributed by atoms with E-state index in [9.17, 15) is 13.2 Å². The Bertz CT molecular complexity index is 540. The SMILES string of the molecule is OCCn1ccnc1-c1ccc(F)c(F)c1F. The molecule has 0 aliphatic rings. The highest BCUT2D eigenvalue weighted by Crippen LogP contribution is 2.24. The Morgan fingerprint density at radius 2 is 1.94 bits per heavy atom. The average Bonchev–Trinajstić information content (AvgIpc) is 2.75. The zero-order chi connectivity index (χ0) is 12.4. The van der Waals surface area contributed by atoms with Gasteiger partial charge in [0, 0.05) is 18.9 Å². The molecule has 0 saturated carbocycles. The van der Waals surface area contributed by atoms with Crippen LogP contribution in [0, 0.1) is 17.5 Å². The Morgan fingerprint density at radius 3 is 2.65 bits per heavy atom. The normalized spacial score (nSPS) is 10.8. The fourth-order valence-corrected chi connectivity index (χ4v) is 1.54. The van der Waals surface area contributed by atoms with Gasteiger partial charge in [0.1, 0.15) is 5.82 Å². The van der Waals surface area contributed by atoms with E-state index in [2.05, 4.69) is 4.98 Å². The average molecular weight is 242 g/mol. The molecule has 0 amide bonds. The molecule has 0 unspecified atom stereocenters. The van der Waals surface area contributed by atoms with Crippen molar-refractivity contribution in [2.24, 2.45) is 0 Å². The van der Waals surface area contributed by atoms with Crippen molar-refractivity contribution in [2.45, 2.75) is 6.54 Å². The van der Waals surface area contributed by atoms with Gasteiger partial charge in [-0.3, -0.25) is 0 Å². The number of aliphatic hydroxyl groups is 1. The summed E-state index contributed by atoms with van der Waals surface area (Å²) < 4.78 is 40.8. The van der Waals surface area contributed by atoms with E-state index in [1.807, 2.05) is 0 Å². The minimum absolute atomic E-state index is 0.137. The van der Waals surface area contributed by atoms with Crippen molar-refractivity contribution in [3.63, 3.8) is 0 Å². The van der Waals surface area contributed by atoms with E-state index in [1.165, 1.54) is 17.0 Å². The first-order chi connectivity index (χ1) is 8.15. The molecule has 1 aromatic heterocycles. The molecule has 1 heterocycles. The quantitative estimate of drug-likeness (QED) is 0.835. The van der Waals surface area contributed by atoms with Crippen molar-refractivity contribution < 1.29 is 18.3 Å². The molecule has 90 valence electrons. The van der Waals surface area contributed by atoms with Gasteiger partial charge in [-0.1, -0.05) is 0 Å². The fraction of sp³-hybridized carbons (Fsp3) is 0.182. The summed E-state index contributed by atoms with van der Waals surface area (Å²) >= 11 is 0. The van der Waals surface area contributed by atoms with Gasteiger partial charge in [-0.25, -0.2) is 18.2 Å². The van der Waals surface area contributed by atoms with Crippen molar-refractivity contribution in [1.29, 1.82) is 0 Å². The Kier molecular flexibility index (Phi) is 3.14. The van der Waals surface area contributed by atoms with Gasteiger partial charge in [-0.15, -0.1) is 0 Å². The lowest BCUT2D eigenvalue weighted by atomic mass is 10.2. The smallest absolute Gasteiger partial charge is 0.195 e. The predicted molar refractivity (Wildman–Crippen MR) is 54.6 cm³/mol. The van der Waals surface area contributed by atoms with Crippen LogP contribution in [0.4, 0.5) is 13.2 Å². The zero-order valence-electron chi connectivity index (χ0n) is 8.70. The lowest BCUT2D eigenvalue weighted by Gasteiger charge is -2.07. The van der Waals surface area contributed by atoms with E-state index in [0.29, 0.717) is 0 Å². The third-order valence-corrected chi connectivity index (χ3v) is 2.33. The summed E-state index contributed by atoms with van der Waals surface area (Å²) in [4.78, 5) is 3.86. The van der Waals surface area contributed by atoms with Crippen LogP contribution in [0.25, 0.3) is 11.4 Å². The van der Waals surface area contributed by atoms with Crippen LogP contribution in [0.1, 0.15) is 0 Å². The third-order valence-electron chi connectivity index (χ3n) is 2.33. The second-order valence-corrected chi connectivity index (χ2v) is 3.39. The van der Waals surface area contributed by atoms with Crippen LogP contribution in [-0.4, -0.2) is 21.3 Å². The molecule has 6 heteroatoms. The predicted octanol–water partition coefficient (Wildman–Crippen LogP) is 1.96. The number of nitrogens with zero attached hydrogens (tertiary/aromatic N) is 2. The molecule has 2 aromatic rings. The van der Waals surface area contributed by atoms with E-state index in [0.717, 1.165) is 12.1 Å². The maximum absolute atomic E-state index is 13.5. The lowest BCUT2D eigenvalue weighted by Crippen LogP contribution is -2.05. The highest BCUT2D eigenvalue weighted by atomic mass is 19.2. The standard InChI is InChI=1S/C11H9F3N2O/c12-8-2-1-7(9(13)10(8)14)11-15-3-4-16(11)5-6-17/h1-4,17H,5-6H2. The lowest BCUT2D eigenvalue weighted by molar-refractivity contribution is 0.276. The first kappa shape index (κ1) is 11.7. The third kappa shape index (κ3) is 2.03. The Balaban J connectivity index is 2.53. The van der Waals surface area contributed by atoms with Crippen molar-refractivity contribution in [3.05, 3.63) is 42.0 Å². The molecule has 3 nitrogen and oxygen atoms in total. The maximum atomic E-state index is 13.5. The molecule has 0 bridgehead atoms. The van der Waals surface area contributed by atoms with Gasteiger partial charge in [0.25, 0.3) is 0 Å². The van der Waals surface area contributed by atoms with Gasteiger partial charge < -0.3 is 9.67 Å². The molecule has 0 spiro atoms. The van der Waals surface area contributed by atoms with E-state index < -0.39 is 17.5 Å². The van der Waals surface area contributed by atoms with Crippen molar-refractivity contribution in [2.75, 3.05) is 6.61 Å². The molecule has 2 rings (SSSR count). The van der Waals surface area contributed by atoms with Gasteiger partial charge in [-0.05, 0) is 12.1 Å². The summed E-state index contributed by atoms with van der Waals surface area (Å²) in [6.07, 6.45) is 2.91. The molecule has 0 saturated heterocycles. The minimum atomic E-state index is -1.53. The Morgan fingerprint density at radius 1 is 1.18 bits per heavy atom.